The van der Waals surface area contributed by atoms with Gasteiger partial charge in [0, 0.05) is 5.02 Å². The highest BCUT2D eigenvalue weighted by Gasteiger charge is 1.97. The molecule has 66 valence electrons. The van der Waals surface area contributed by atoms with Crippen LogP contribution in [-0.2, 0) is 0 Å². The van der Waals surface area contributed by atoms with E-state index in [1.165, 1.54) is 0 Å². The van der Waals surface area contributed by atoms with E-state index in [-0.39, 0.29) is 0 Å². The van der Waals surface area contributed by atoms with Gasteiger partial charge in [-0.15, -0.1) is 0 Å². The molecular formula is C10H13ClO. The van der Waals surface area contributed by atoms with Crippen molar-refractivity contribution < 1.29 is 4.74 Å². The number of ether oxygens (including phenoxy) is 1. The molecule has 0 aromatic heterocycles. The second-order valence-electron chi connectivity index (χ2n) is 2.76. The molecule has 0 heterocycles. The summed E-state index contributed by atoms with van der Waals surface area (Å²) in [6.07, 6.45) is 1.02. The average Bonchev–Trinajstić information content (AvgIpc) is 2.07. The second kappa shape index (κ2) is 4.36. The molecule has 12 heavy (non-hydrogen) atoms. The van der Waals surface area contributed by atoms with Crippen molar-refractivity contribution in [3.05, 3.63) is 28.8 Å². The summed E-state index contributed by atoms with van der Waals surface area (Å²) in [4.78, 5) is 0. The van der Waals surface area contributed by atoms with Crippen LogP contribution in [0.5, 0.6) is 5.75 Å². The van der Waals surface area contributed by atoms with Gasteiger partial charge in [-0.2, -0.15) is 0 Å². The van der Waals surface area contributed by atoms with Crippen molar-refractivity contribution in [2.24, 2.45) is 0 Å². The highest BCUT2D eigenvalue weighted by Crippen LogP contribution is 2.21. The van der Waals surface area contributed by atoms with Crippen molar-refractivity contribution in [2.75, 3.05) is 6.61 Å². The van der Waals surface area contributed by atoms with E-state index in [9.17, 15) is 0 Å². The van der Waals surface area contributed by atoms with Crippen LogP contribution < -0.4 is 4.74 Å². The normalized spacial score (nSPS) is 9.92. The maximum absolute atomic E-state index is 5.91. The third-order valence-corrected chi connectivity index (χ3v) is 2.02. The first-order valence-electron chi connectivity index (χ1n) is 4.13. The summed E-state index contributed by atoms with van der Waals surface area (Å²) in [5, 5.41) is 0.767. The van der Waals surface area contributed by atoms with Crippen molar-refractivity contribution in [1.29, 1.82) is 0 Å². The Labute approximate surface area is 78.3 Å². The summed E-state index contributed by atoms with van der Waals surface area (Å²) < 4.78 is 5.41. The molecule has 0 amide bonds. The molecule has 0 atom stereocenters. The minimum atomic E-state index is 0.749. The van der Waals surface area contributed by atoms with Gasteiger partial charge in [0.05, 0.1) is 6.61 Å². The quantitative estimate of drug-likeness (QED) is 0.700. The lowest BCUT2D eigenvalue weighted by atomic mass is 10.2. The van der Waals surface area contributed by atoms with Crippen molar-refractivity contribution in [3.8, 4) is 5.75 Å². The fourth-order valence-electron chi connectivity index (χ4n) is 0.883. The summed E-state index contributed by atoms with van der Waals surface area (Å²) in [6, 6.07) is 5.76. The van der Waals surface area contributed by atoms with Gasteiger partial charge < -0.3 is 4.74 Å². The van der Waals surface area contributed by atoms with Crippen LogP contribution in [0.15, 0.2) is 18.2 Å². The zero-order valence-electron chi connectivity index (χ0n) is 7.43. The van der Waals surface area contributed by atoms with Crippen LogP contribution in [0.2, 0.25) is 5.02 Å². The first-order chi connectivity index (χ1) is 5.74. The van der Waals surface area contributed by atoms with Gasteiger partial charge in [0.15, 0.2) is 0 Å². The summed E-state index contributed by atoms with van der Waals surface area (Å²) in [5.41, 5.74) is 1.08. The van der Waals surface area contributed by atoms with E-state index in [1.54, 1.807) is 0 Å². The SMILES string of the molecule is CCCOc1ccc(C)c(Cl)c1. The Morgan fingerprint density at radius 2 is 2.17 bits per heavy atom. The molecule has 0 aliphatic heterocycles. The maximum atomic E-state index is 5.91. The van der Waals surface area contributed by atoms with E-state index < -0.39 is 0 Å². The Kier molecular flexibility index (Phi) is 3.42. The first-order valence-corrected chi connectivity index (χ1v) is 4.50. The molecule has 0 radical (unpaired) electrons. The number of hydrogen-bond donors (Lipinski definition) is 0. The molecule has 0 saturated heterocycles. The van der Waals surface area contributed by atoms with Gasteiger partial charge in [-0.25, -0.2) is 0 Å². The van der Waals surface area contributed by atoms with Gasteiger partial charge in [-0.05, 0) is 31.0 Å². The van der Waals surface area contributed by atoms with Crippen molar-refractivity contribution in [2.45, 2.75) is 20.3 Å². The molecule has 1 nitrogen and oxygen atoms in total. The fraction of sp³-hybridized carbons (Fsp3) is 0.400. The van der Waals surface area contributed by atoms with Gasteiger partial charge in [0.2, 0.25) is 0 Å². The van der Waals surface area contributed by atoms with Crippen molar-refractivity contribution in [1.82, 2.24) is 0 Å². The Hall–Kier alpha value is -0.690. The van der Waals surface area contributed by atoms with Gasteiger partial charge in [-0.3, -0.25) is 0 Å². The molecule has 1 aromatic carbocycles. The predicted molar refractivity (Wildman–Crippen MR) is 52.0 cm³/mol. The smallest absolute Gasteiger partial charge is 0.120 e. The monoisotopic (exact) mass is 184 g/mol. The predicted octanol–water partition coefficient (Wildman–Crippen LogP) is 3.44. The molecule has 0 N–H and O–H groups in total. The van der Waals surface area contributed by atoms with E-state index in [2.05, 4.69) is 6.92 Å². The largest absolute Gasteiger partial charge is 0.494 e. The molecule has 0 aliphatic carbocycles. The van der Waals surface area contributed by atoms with Gasteiger partial charge in [0.1, 0.15) is 5.75 Å². The van der Waals surface area contributed by atoms with Gasteiger partial charge in [-0.1, -0.05) is 24.6 Å². The van der Waals surface area contributed by atoms with Crippen LogP contribution in [0.25, 0.3) is 0 Å². The molecule has 1 aromatic rings. The number of halogens is 1. The molecule has 0 aliphatic rings. The molecule has 2 heteroatoms. The van der Waals surface area contributed by atoms with Gasteiger partial charge in [0.25, 0.3) is 0 Å². The van der Waals surface area contributed by atoms with Crippen LogP contribution in [0.3, 0.4) is 0 Å². The van der Waals surface area contributed by atoms with Crippen molar-refractivity contribution in [3.63, 3.8) is 0 Å². The zero-order chi connectivity index (χ0) is 8.97. The zero-order valence-corrected chi connectivity index (χ0v) is 8.19. The van der Waals surface area contributed by atoms with E-state index in [0.29, 0.717) is 0 Å². The van der Waals surface area contributed by atoms with E-state index >= 15 is 0 Å². The topological polar surface area (TPSA) is 9.23 Å². The molecule has 0 unspecified atom stereocenters. The van der Waals surface area contributed by atoms with E-state index in [1.807, 2.05) is 25.1 Å². The van der Waals surface area contributed by atoms with E-state index in [4.69, 9.17) is 16.3 Å². The molecule has 0 spiro atoms. The van der Waals surface area contributed by atoms with Gasteiger partial charge >= 0.3 is 0 Å². The Bertz CT molecular complexity index is 258. The van der Waals surface area contributed by atoms with Crippen LogP contribution in [-0.4, -0.2) is 6.61 Å². The highest BCUT2D eigenvalue weighted by molar-refractivity contribution is 6.31. The summed E-state index contributed by atoms with van der Waals surface area (Å²) in [6.45, 7) is 4.81. The summed E-state index contributed by atoms with van der Waals surface area (Å²) >= 11 is 5.91. The van der Waals surface area contributed by atoms with Crippen molar-refractivity contribution >= 4 is 11.6 Å². The Morgan fingerprint density at radius 3 is 2.75 bits per heavy atom. The average molecular weight is 185 g/mol. The molecule has 0 saturated carbocycles. The molecular weight excluding hydrogens is 172 g/mol. The van der Waals surface area contributed by atoms with Crippen LogP contribution >= 0.6 is 11.6 Å². The number of aryl methyl sites for hydroxylation is 1. The minimum absolute atomic E-state index is 0.749. The Balaban J connectivity index is 2.69. The summed E-state index contributed by atoms with van der Waals surface area (Å²) in [7, 11) is 0. The van der Waals surface area contributed by atoms with Crippen LogP contribution in [0.1, 0.15) is 18.9 Å². The number of hydrogen-bond acceptors (Lipinski definition) is 1. The number of rotatable bonds is 3. The lowest BCUT2D eigenvalue weighted by Gasteiger charge is -2.05. The lowest BCUT2D eigenvalue weighted by Crippen LogP contribution is -1.94. The minimum Gasteiger partial charge on any atom is -0.494 e. The molecule has 0 bridgehead atoms. The fourth-order valence-corrected chi connectivity index (χ4v) is 1.05. The maximum Gasteiger partial charge on any atom is 0.120 e. The van der Waals surface area contributed by atoms with E-state index in [0.717, 1.165) is 29.4 Å². The van der Waals surface area contributed by atoms with Crippen LogP contribution in [0.4, 0.5) is 0 Å². The Morgan fingerprint density at radius 1 is 1.42 bits per heavy atom. The third kappa shape index (κ3) is 2.42. The first kappa shape index (κ1) is 9.40. The summed E-state index contributed by atoms with van der Waals surface area (Å²) in [5.74, 6) is 0.854. The highest BCUT2D eigenvalue weighted by atomic mass is 35.5. The number of benzene rings is 1. The third-order valence-electron chi connectivity index (χ3n) is 1.62. The molecule has 0 fully saturated rings. The van der Waals surface area contributed by atoms with Crippen LogP contribution in [0, 0.1) is 6.92 Å². The molecule has 1 rings (SSSR count). The second-order valence-corrected chi connectivity index (χ2v) is 3.17. The lowest BCUT2D eigenvalue weighted by molar-refractivity contribution is 0.317. The standard InChI is InChI=1S/C10H13ClO/c1-3-6-12-9-5-4-8(2)10(11)7-9/h4-5,7H,3,6H2,1-2H3.